The van der Waals surface area contributed by atoms with E-state index in [-0.39, 0.29) is 6.54 Å². The van der Waals surface area contributed by atoms with Crippen LogP contribution in [0.3, 0.4) is 0 Å². The van der Waals surface area contributed by atoms with E-state index in [4.69, 9.17) is 5.26 Å². The summed E-state index contributed by atoms with van der Waals surface area (Å²) in [6.45, 7) is 1.63. The Morgan fingerprint density at radius 1 is 1.62 bits per heavy atom. The zero-order valence-corrected chi connectivity index (χ0v) is 9.74. The minimum absolute atomic E-state index is 0.278. The summed E-state index contributed by atoms with van der Waals surface area (Å²) >= 11 is 0. The van der Waals surface area contributed by atoms with Gasteiger partial charge in [0.1, 0.15) is 0 Å². The van der Waals surface area contributed by atoms with Gasteiger partial charge in [0.25, 0.3) is 0 Å². The van der Waals surface area contributed by atoms with Gasteiger partial charge >= 0.3 is 0 Å². The maximum atomic E-state index is 11.4. The lowest BCUT2D eigenvalue weighted by molar-refractivity contribution is 0.577. The van der Waals surface area contributed by atoms with Crippen LogP contribution in [-0.4, -0.2) is 25.2 Å². The summed E-state index contributed by atoms with van der Waals surface area (Å²) in [4.78, 5) is 3.92. The molecule has 1 unspecified atom stereocenters. The Morgan fingerprint density at radius 2 is 2.38 bits per heavy atom. The summed E-state index contributed by atoms with van der Waals surface area (Å²) in [6, 6.07) is 5.35. The van der Waals surface area contributed by atoms with Crippen molar-refractivity contribution in [2.45, 2.75) is 18.6 Å². The van der Waals surface area contributed by atoms with Crippen LogP contribution < -0.4 is 4.72 Å². The van der Waals surface area contributed by atoms with Crippen LogP contribution >= 0.6 is 0 Å². The van der Waals surface area contributed by atoms with Gasteiger partial charge in [-0.15, -0.1) is 0 Å². The van der Waals surface area contributed by atoms with Crippen molar-refractivity contribution in [1.82, 2.24) is 9.71 Å². The van der Waals surface area contributed by atoms with Crippen LogP contribution in [0.5, 0.6) is 0 Å². The number of nitrogens with zero attached hydrogens (tertiary/aromatic N) is 2. The second-order valence-corrected chi connectivity index (χ2v) is 5.41. The lowest BCUT2D eigenvalue weighted by atomic mass is 10.2. The van der Waals surface area contributed by atoms with E-state index in [1.807, 2.05) is 6.07 Å². The van der Waals surface area contributed by atoms with Crippen molar-refractivity contribution >= 4 is 10.0 Å². The predicted molar refractivity (Wildman–Crippen MR) is 59.9 cm³/mol. The topological polar surface area (TPSA) is 82.8 Å². The van der Waals surface area contributed by atoms with E-state index in [1.165, 1.54) is 6.92 Å². The van der Waals surface area contributed by atoms with Crippen LogP contribution in [-0.2, 0) is 16.4 Å². The van der Waals surface area contributed by atoms with E-state index >= 15 is 0 Å². The number of sulfonamides is 1. The molecule has 0 spiro atoms. The molecule has 0 fully saturated rings. The maximum absolute atomic E-state index is 11.4. The third-order valence-corrected chi connectivity index (χ3v) is 3.73. The van der Waals surface area contributed by atoms with Gasteiger partial charge in [-0.1, -0.05) is 6.07 Å². The molecule has 1 rings (SSSR count). The standard InChI is InChI=1S/C10H13N3O2S/c1-9(7-11)16(14,15)13-6-4-10-3-2-5-12-8-10/h2-3,5,8-9,13H,4,6H2,1H3. The summed E-state index contributed by atoms with van der Waals surface area (Å²) in [5.41, 5.74) is 0.954. The first-order chi connectivity index (χ1) is 7.56. The van der Waals surface area contributed by atoms with Gasteiger partial charge in [-0.25, -0.2) is 13.1 Å². The fraction of sp³-hybridized carbons (Fsp3) is 0.400. The van der Waals surface area contributed by atoms with Crippen molar-refractivity contribution < 1.29 is 8.42 Å². The highest BCUT2D eigenvalue weighted by molar-refractivity contribution is 7.90. The van der Waals surface area contributed by atoms with E-state index in [1.54, 1.807) is 24.5 Å². The van der Waals surface area contributed by atoms with Crippen LogP contribution in [0.15, 0.2) is 24.5 Å². The van der Waals surface area contributed by atoms with Gasteiger partial charge in [0, 0.05) is 18.9 Å². The highest BCUT2D eigenvalue weighted by Gasteiger charge is 2.18. The van der Waals surface area contributed by atoms with E-state index in [2.05, 4.69) is 9.71 Å². The number of aromatic nitrogens is 1. The molecule has 16 heavy (non-hydrogen) atoms. The highest BCUT2D eigenvalue weighted by Crippen LogP contribution is 1.99. The minimum Gasteiger partial charge on any atom is -0.264 e. The zero-order chi connectivity index (χ0) is 12.0. The summed E-state index contributed by atoms with van der Waals surface area (Å²) in [5, 5.41) is 7.48. The molecule has 0 radical (unpaired) electrons. The number of pyridine rings is 1. The monoisotopic (exact) mass is 239 g/mol. The maximum Gasteiger partial charge on any atom is 0.227 e. The van der Waals surface area contributed by atoms with Gasteiger partial charge in [0.15, 0.2) is 5.25 Å². The molecule has 0 aromatic carbocycles. The van der Waals surface area contributed by atoms with Crippen LogP contribution in [0.25, 0.3) is 0 Å². The summed E-state index contributed by atoms with van der Waals surface area (Å²) in [7, 11) is -3.51. The SMILES string of the molecule is CC(C#N)S(=O)(=O)NCCc1cccnc1. The Hall–Kier alpha value is -1.45. The number of hydrogen-bond donors (Lipinski definition) is 1. The summed E-state index contributed by atoms with van der Waals surface area (Å²) < 4.78 is 25.2. The second-order valence-electron chi connectivity index (χ2n) is 3.32. The van der Waals surface area contributed by atoms with Gasteiger partial charge < -0.3 is 0 Å². The first-order valence-corrected chi connectivity index (χ1v) is 6.38. The van der Waals surface area contributed by atoms with Crippen molar-refractivity contribution in [3.63, 3.8) is 0 Å². The molecule has 1 aromatic heterocycles. The molecule has 0 amide bonds. The van der Waals surface area contributed by atoms with Crippen molar-refractivity contribution in [1.29, 1.82) is 5.26 Å². The van der Waals surface area contributed by atoms with Gasteiger partial charge in [-0.2, -0.15) is 5.26 Å². The molecule has 0 aliphatic rings. The lowest BCUT2D eigenvalue weighted by Crippen LogP contribution is -2.33. The number of hydrogen-bond acceptors (Lipinski definition) is 4. The molecule has 5 nitrogen and oxygen atoms in total. The van der Waals surface area contributed by atoms with Crippen molar-refractivity contribution in [2.24, 2.45) is 0 Å². The van der Waals surface area contributed by atoms with Gasteiger partial charge in [0.2, 0.25) is 10.0 Å². The fourth-order valence-corrected chi connectivity index (χ4v) is 1.85. The first kappa shape index (κ1) is 12.6. The quantitative estimate of drug-likeness (QED) is 0.809. The zero-order valence-electron chi connectivity index (χ0n) is 8.92. The van der Waals surface area contributed by atoms with Crippen LogP contribution in [0.1, 0.15) is 12.5 Å². The van der Waals surface area contributed by atoms with Crippen LogP contribution in [0.4, 0.5) is 0 Å². The van der Waals surface area contributed by atoms with Crippen molar-refractivity contribution in [3.8, 4) is 6.07 Å². The van der Waals surface area contributed by atoms with Crippen LogP contribution in [0, 0.1) is 11.3 Å². The molecule has 1 aromatic rings. The fourth-order valence-electron chi connectivity index (χ4n) is 1.08. The molecule has 0 aliphatic carbocycles. The van der Waals surface area contributed by atoms with Gasteiger partial charge in [-0.05, 0) is 25.0 Å². The summed E-state index contributed by atoms with van der Waals surface area (Å²) in [5.74, 6) is 0. The van der Waals surface area contributed by atoms with Gasteiger partial charge in [0.05, 0.1) is 6.07 Å². The molecule has 0 aliphatic heterocycles. The van der Waals surface area contributed by atoms with Crippen molar-refractivity contribution in [3.05, 3.63) is 30.1 Å². The van der Waals surface area contributed by atoms with E-state index < -0.39 is 15.3 Å². The van der Waals surface area contributed by atoms with Gasteiger partial charge in [-0.3, -0.25) is 4.98 Å². The smallest absolute Gasteiger partial charge is 0.227 e. The largest absolute Gasteiger partial charge is 0.264 e. The molecular formula is C10H13N3O2S. The highest BCUT2D eigenvalue weighted by atomic mass is 32.2. The van der Waals surface area contributed by atoms with E-state index in [0.717, 1.165) is 5.56 Å². The summed E-state index contributed by atoms with van der Waals surface area (Å²) in [6.07, 6.45) is 3.90. The minimum atomic E-state index is -3.51. The molecule has 1 atom stereocenters. The molecule has 86 valence electrons. The normalized spacial score (nSPS) is 13.0. The molecular weight excluding hydrogens is 226 g/mol. The van der Waals surface area contributed by atoms with Crippen molar-refractivity contribution in [2.75, 3.05) is 6.54 Å². The average molecular weight is 239 g/mol. The Labute approximate surface area is 95.2 Å². The molecule has 1 N–H and O–H groups in total. The lowest BCUT2D eigenvalue weighted by Gasteiger charge is -2.07. The Kier molecular flexibility index (Phi) is 4.40. The molecule has 6 heteroatoms. The number of rotatable bonds is 5. The average Bonchev–Trinajstić information content (AvgIpc) is 2.29. The molecule has 0 saturated heterocycles. The molecule has 0 bridgehead atoms. The molecule has 0 saturated carbocycles. The number of nitriles is 1. The third kappa shape index (κ3) is 3.61. The first-order valence-electron chi connectivity index (χ1n) is 4.83. The third-order valence-electron chi connectivity index (χ3n) is 2.09. The van der Waals surface area contributed by atoms with E-state index in [0.29, 0.717) is 6.42 Å². The second kappa shape index (κ2) is 5.58. The Balaban J connectivity index is 2.46. The Morgan fingerprint density at radius 3 is 2.94 bits per heavy atom. The molecule has 1 heterocycles. The number of nitrogens with one attached hydrogen (secondary N) is 1. The van der Waals surface area contributed by atoms with E-state index in [9.17, 15) is 8.42 Å². The predicted octanol–water partition coefficient (Wildman–Crippen LogP) is 0.456. The van der Waals surface area contributed by atoms with Crippen LogP contribution in [0.2, 0.25) is 0 Å². The Bertz CT molecular complexity index is 465.